The van der Waals surface area contributed by atoms with Gasteiger partial charge in [0, 0.05) is 30.7 Å². The van der Waals surface area contributed by atoms with Gasteiger partial charge in [0.1, 0.15) is 0 Å². The van der Waals surface area contributed by atoms with Crippen molar-refractivity contribution in [2.24, 2.45) is 0 Å². The molecule has 1 radical (unpaired) electrons. The van der Waals surface area contributed by atoms with E-state index in [9.17, 15) is 9.90 Å². The summed E-state index contributed by atoms with van der Waals surface area (Å²) in [5, 5.41) is 17.0. The van der Waals surface area contributed by atoms with E-state index in [1.54, 1.807) is 0 Å². The zero-order valence-electron chi connectivity index (χ0n) is 25.5. The van der Waals surface area contributed by atoms with E-state index in [1.165, 1.54) is 33.1 Å². The largest absolute Gasteiger partial charge is 0.429 e. The smallest absolute Gasteiger partial charge is 0.0908 e. The van der Waals surface area contributed by atoms with Crippen LogP contribution >= 0.6 is 15.8 Å². The van der Waals surface area contributed by atoms with Crippen LogP contribution in [0.5, 0.6) is 0 Å². The maximum atomic E-state index is 11.3. The number of hydrogen-bond acceptors (Lipinski definition) is 6. The molecule has 0 fully saturated rings. The van der Waals surface area contributed by atoms with Gasteiger partial charge in [-0.3, -0.25) is 0 Å². The van der Waals surface area contributed by atoms with Crippen LogP contribution < -0.4 is 45.8 Å². The molecule has 0 aliphatic heterocycles. The van der Waals surface area contributed by atoms with Crippen molar-refractivity contribution in [3.8, 4) is 0 Å². The van der Waals surface area contributed by atoms with E-state index < -0.39 is 26.1 Å². The molecular formula is C38H33ClIrO6P2. The first-order chi connectivity index (χ1) is 22.8. The first-order valence-corrected chi connectivity index (χ1v) is 18.7. The van der Waals surface area contributed by atoms with E-state index in [2.05, 4.69) is 115 Å². The molecule has 0 heterocycles. The molecule has 6 aromatic rings. The van der Waals surface area contributed by atoms with E-state index >= 15 is 0 Å². The van der Waals surface area contributed by atoms with Gasteiger partial charge in [-0.25, -0.2) is 0 Å². The number of halogens is 1. The van der Waals surface area contributed by atoms with Crippen LogP contribution in [0.15, 0.2) is 170 Å². The zero-order chi connectivity index (χ0) is 33.5. The Hall–Kier alpha value is -3.54. The summed E-state index contributed by atoms with van der Waals surface area (Å²) in [6.45, 7) is 1.21. The number of carbonyl (C=O) groups excluding carboxylic acids is 1. The standard InChI is InChI=1S/C19H16OP.C19H14OP.ClHO4.Ir/c2*20-15-16-9-7-8-14-19(16)21(17-10-3-1-4-11-17)18-12-5-2-6-13-18;2-1(3,4)5;/h1-15,20H;1-14H;(H,2,3,4,5);/q2*-1;;/p+2. The molecule has 0 atom stereocenters. The summed E-state index contributed by atoms with van der Waals surface area (Å²) in [6, 6.07) is 57.8. The molecule has 6 nitrogen and oxygen atoms in total. The molecule has 10 heteroatoms. The molecule has 0 saturated carbocycles. The quantitative estimate of drug-likeness (QED) is 0.177. The maximum Gasteiger partial charge on any atom is 0.0908 e. The van der Waals surface area contributed by atoms with Crippen LogP contribution in [-0.4, -0.2) is 16.1 Å². The first-order valence-electron chi connectivity index (χ1n) is 14.4. The molecule has 0 aliphatic rings. The van der Waals surface area contributed by atoms with Gasteiger partial charge in [-0.1, -0.05) is 104 Å². The molecule has 247 valence electrons. The minimum atomic E-state index is -4.69. The van der Waals surface area contributed by atoms with Crippen LogP contribution in [0.25, 0.3) is 0 Å². The van der Waals surface area contributed by atoms with E-state index in [0.717, 1.165) is 10.9 Å². The fourth-order valence-electron chi connectivity index (χ4n) is 5.00. The number of aliphatic hydroxyl groups is 1. The Kier molecular flexibility index (Phi) is 16.3. The van der Waals surface area contributed by atoms with E-state index in [4.69, 9.17) is 18.6 Å². The predicted molar refractivity (Wildman–Crippen MR) is 185 cm³/mol. The summed E-state index contributed by atoms with van der Waals surface area (Å²) >= 11 is 0. The third-order valence-electron chi connectivity index (χ3n) is 6.93. The molecule has 6 rings (SSSR count). The second-order valence-corrected chi connectivity index (χ2v) is 15.7. The fraction of sp³-hybridized carbons (Fsp3) is 0. The second kappa shape index (κ2) is 20.1. The molecule has 0 saturated heterocycles. The van der Waals surface area contributed by atoms with Crippen molar-refractivity contribution in [2.45, 2.75) is 0 Å². The molecule has 0 aliphatic carbocycles. The summed E-state index contributed by atoms with van der Waals surface area (Å²) in [5.41, 5.74) is 1.57. The van der Waals surface area contributed by atoms with Crippen molar-refractivity contribution < 1.29 is 58.9 Å². The molecular weight excluding hydrogens is 842 g/mol. The van der Waals surface area contributed by atoms with Gasteiger partial charge in [0.05, 0.1) is 58.2 Å². The monoisotopic (exact) mass is 875 g/mol. The Balaban J connectivity index is 0.000000225. The minimum Gasteiger partial charge on any atom is -0.429 e. The summed E-state index contributed by atoms with van der Waals surface area (Å²) < 4.78 is 32.7. The molecule has 0 spiro atoms. The number of rotatable bonds is 8. The Morgan fingerprint density at radius 1 is 0.500 bits per heavy atom. The van der Waals surface area contributed by atoms with Gasteiger partial charge < -0.3 is 9.90 Å². The molecule has 0 unspecified atom stereocenters. The van der Waals surface area contributed by atoms with Gasteiger partial charge in [-0.15, -0.1) is 23.3 Å². The average molecular weight is 875 g/mol. The van der Waals surface area contributed by atoms with Crippen molar-refractivity contribution in [1.82, 2.24) is 0 Å². The predicted octanol–water partition coefficient (Wildman–Crippen LogP) is 1.57. The van der Waals surface area contributed by atoms with E-state index in [-0.39, 0.29) is 20.1 Å². The van der Waals surface area contributed by atoms with Crippen molar-refractivity contribution in [2.75, 3.05) is 0 Å². The van der Waals surface area contributed by atoms with Gasteiger partial charge in [-0.05, 0) is 48.5 Å². The zero-order valence-corrected chi connectivity index (χ0v) is 30.6. The maximum absolute atomic E-state index is 11.3. The van der Waals surface area contributed by atoms with Crippen LogP contribution in [0.4, 0.5) is 0 Å². The van der Waals surface area contributed by atoms with Crippen LogP contribution in [-0.2, 0) is 24.9 Å². The van der Waals surface area contributed by atoms with Gasteiger partial charge in [0.25, 0.3) is 0 Å². The van der Waals surface area contributed by atoms with Gasteiger partial charge in [0.15, 0.2) is 0 Å². The SMILES string of the molecule is O=[C-]c1ccccc1[PH+](c1ccccc1)c1ccccc1.O[CH-]c1ccccc1[PH+](c1ccccc1)c1ccccc1.[Ir].[O-][Cl+3]([O-])([O-])O. The van der Waals surface area contributed by atoms with Crippen molar-refractivity contribution >= 4 is 54.0 Å². The molecule has 2 N–H and O–H groups in total. The normalized spacial score (nSPS) is 10.5. The fourth-order valence-corrected chi connectivity index (χ4v) is 10.4. The van der Waals surface area contributed by atoms with Crippen LogP contribution in [0.2, 0.25) is 0 Å². The second-order valence-electron chi connectivity index (χ2n) is 9.97. The molecule has 6 aromatic carbocycles. The van der Waals surface area contributed by atoms with Crippen molar-refractivity contribution in [3.05, 3.63) is 188 Å². The van der Waals surface area contributed by atoms with Crippen LogP contribution in [0, 0.1) is 16.9 Å². The van der Waals surface area contributed by atoms with Crippen molar-refractivity contribution in [3.63, 3.8) is 0 Å². The third kappa shape index (κ3) is 11.9. The molecule has 0 aromatic heterocycles. The summed E-state index contributed by atoms with van der Waals surface area (Å²) in [4.78, 5) is 11.3. The Bertz CT molecular complexity index is 1710. The average Bonchev–Trinajstić information content (AvgIpc) is 3.10. The van der Waals surface area contributed by atoms with Gasteiger partial charge >= 0.3 is 0 Å². The molecule has 48 heavy (non-hydrogen) atoms. The van der Waals surface area contributed by atoms with E-state index in [0.29, 0.717) is 5.56 Å². The Morgan fingerprint density at radius 3 is 1.15 bits per heavy atom. The molecule has 0 amide bonds. The minimum absolute atomic E-state index is 0. The van der Waals surface area contributed by atoms with Crippen molar-refractivity contribution in [1.29, 1.82) is 0 Å². The Labute approximate surface area is 299 Å². The van der Waals surface area contributed by atoms with Crippen LogP contribution in [0.1, 0.15) is 11.1 Å². The first kappa shape index (κ1) is 38.9. The number of hydrogen-bond donors (Lipinski definition) is 2. The Morgan fingerprint density at radius 2 is 0.792 bits per heavy atom. The van der Waals surface area contributed by atoms with Gasteiger partial charge in [0.2, 0.25) is 0 Å². The summed E-state index contributed by atoms with van der Waals surface area (Å²) in [6.07, 6.45) is 2.09. The number of benzene rings is 6. The summed E-state index contributed by atoms with van der Waals surface area (Å²) in [5.74, 6) is 0. The molecule has 0 bridgehead atoms. The topological polar surface area (TPSA) is 127 Å². The third-order valence-corrected chi connectivity index (χ3v) is 12.5. The van der Waals surface area contributed by atoms with E-state index in [1.807, 2.05) is 60.7 Å². The number of aliphatic hydroxyl groups excluding tert-OH is 1. The van der Waals surface area contributed by atoms with Gasteiger partial charge in [-0.2, -0.15) is 26.1 Å². The van der Waals surface area contributed by atoms with Crippen LogP contribution in [0.3, 0.4) is 0 Å². The summed E-state index contributed by atoms with van der Waals surface area (Å²) in [7, 11) is -6.99.